The van der Waals surface area contributed by atoms with Crippen LogP contribution in [0.15, 0.2) is 11.6 Å². The van der Waals surface area contributed by atoms with E-state index < -0.39 is 12.1 Å². The third kappa shape index (κ3) is 8.30. The third-order valence-electron chi connectivity index (χ3n) is 7.26. The highest BCUT2D eigenvalue weighted by Crippen LogP contribution is 2.26. The fraction of sp³-hybridized carbons (Fsp3) is 0.821. The Morgan fingerprint density at radius 3 is 2.14 bits per heavy atom. The predicted octanol–water partition coefficient (Wildman–Crippen LogP) is 3.22. The topological polar surface area (TPSA) is 91.0 Å². The number of amides is 2. The number of nitrogens with zero attached hydrogens (tertiary/aromatic N) is 2. The van der Waals surface area contributed by atoms with Crippen LogP contribution in [0.1, 0.15) is 75.2 Å². The summed E-state index contributed by atoms with van der Waals surface area (Å²) in [7, 11) is 5.11. The highest BCUT2D eigenvalue weighted by molar-refractivity contribution is 5.96. The van der Waals surface area contributed by atoms with E-state index in [0.29, 0.717) is 25.1 Å². The molecule has 2 N–H and O–H groups in total. The van der Waals surface area contributed by atoms with E-state index >= 15 is 0 Å². The summed E-state index contributed by atoms with van der Waals surface area (Å²) in [5.74, 6) is -0.468. The van der Waals surface area contributed by atoms with E-state index in [1.165, 1.54) is 7.11 Å². The summed E-state index contributed by atoms with van der Waals surface area (Å²) in [4.78, 5) is 42.6. The summed E-state index contributed by atoms with van der Waals surface area (Å²) < 4.78 is 4.89. The van der Waals surface area contributed by atoms with E-state index in [9.17, 15) is 14.4 Å². The van der Waals surface area contributed by atoms with Gasteiger partial charge in [-0.15, -0.1) is 0 Å². The number of ether oxygens (including phenoxy) is 1. The molecule has 1 saturated heterocycles. The van der Waals surface area contributed by atoms with Gasteiger partial charge in [-0.2, -0.15) is 0 Å². The molecule has 0 spiro atoms. The van der Waals surface area contributed by atoms with E-state index in [-0.39, 0.29) is 46.6 Å². The second kappa shape index (κ2) is 13.0. The number of carbonyl (C=O) groups excluding carboxylic acids is 3. The maximum absolute atomic E-state index is 13.8. The minimum Gasteiger partial charge on any atom is -0.467 e. The molecule has 1 aliphatic rings. The van der Waals surface area contributed by atoms with Crippen LogP contribution in [0.5, 0.6) is 0 Å². The van der Waals surface area contributed by atoms with Gasteiger partial charge < -0.3 is 25.2 Å². The Labute approximate surface area is 219 Å². The first kappa shape index (κ1) is 32.1. The summed E-state index contributed by atoms with van der Waals surface area (Å²) in [5, 5.41) is 6.90. The van der Waals surface area contributed by atoms with Crippen molar-refractivity contribution in [3.63, 3.8) is 0 Å². The van der Waals surface area contributed by atoms with Crippen LogP contribution >= 0.6 is 0 Å². The van der Waals surface area contributed by atoms with E-state index in [2.05, 4.69) is 52.2 Å². The van der Waals surface area contributed by atoms with Crippen molar-refractivity contribution < 1.29 is 19.1 Å². The van der Waals surface area contributed by atoms with Gasteiger partial charge in [-0.1, -0.05) is 61.5 Å². The fourth-order valence-electron chi connectivity index (χ4n) is 4.89. The lowest BCUT2D eigenvalue weighted by Crippen LogP contribution is -2.58. The molecule has 0 aliphatic carbocycles. The zero-order valence-corrected chi connectivity index (χ0v) is 24.8. The smallest absolute Gasteiger partial charge is 0.328 e. The minimum atomic E-state index is -0.542. The maximum Gasteiger partial charge on any atom is 0.328 e. The van der Waals surface area contributed by atoms with Crippen LogP contribution < -0.4 is 10.6 Å². The molecule has 0 aromatic heterocycles. The number of carbonyl (C=O) groups is 3. The SMILES string of the molecule is CN[C@H](CN[C@H](C(=O)N(C)[C@H](/C=C(\C)C(=O)N1CCC[C@H]1C(=O)OC)C(C)C)C(C)(C)C)C(C)(C)C. The fourth-order valence-corrected chi connectivity index (χ4v) is 4.89. The molecule has 1 fully saturated rings. The van der Waals surface area contributed by atoms with Crippen molar-refractivity contribution >= 4 is 17.8 Å². The van der Waals surface area contributed by atoms with Crippen LogP contribution in [0.2, 0.25) is 0 Å². The monoisotopic (exact) mass is 508 g/mol. The van der Waals surface area contributed by atoms with Crippen LogP contribution in [0.25, 0.3) is 0 Å². The van der Waals surface area contributed by atoms with E-state index in [1.807, 2.05) is 34.0 Å². The Bertz CT molecular complexity index is 794. The Kier molecular flexibility index (Phi) is 11.6. The summed E-state index contributed by atoms with van der Waals surface area (Å²) in [6.07, 6.45) is 3.26. The number of hydrogen-bond donors (Lipinski definition) is 2. The Morgan fingerprint density at radius 1 is 1.11 bits per heavy atom. The van der Waals surface area contributed by atoms with Crippen molar-refractivity contribution in [3.8, 4) is 0 Å². The van der Waals surface area contributed by atoms with Gasteiger partial charge >= 0.3 is 5.97 Å². The van der Waals surface area contributed by atoms with E-state index in [0.717, 1.165) is 6.42 Å². The van der Waals surface area contributed by atoms with Crippen LogP contribution in [0, 0.1) is 16.7 Å². The van der Waals surface area contributed by atoms with Gasteiger partial charge in [-0.25, -0.2) is 4.79 Å². The van der Waals surface area contributed by atoms with Crippen LogP contribution in [-0.4, -0.2) is 86.0 Å². The van der Waals surface area contributed by atoms with Crippen molar-refractivity contribution in [2.75, 3.05) is 34.3 Å². The van der Waals surface area contributed by atoms with Gasteiger partial charge in [0.1, 0.15) is 6.04 Å². The number of likely N-dealkylation sites (N-methyl/N-ethyl adjacent to an activating group) is 2. The Balaban J connectivity index is 3.16. The van der Waals surface area contributed by atoms with Crippen molar-refractivity contribution in [2.45, 2.75) is 99.3 Å². The molecule has 2 amide bonds. The molecule has 0 unspecified atom stereocenters. The average Bonchev–Trinajstić information content (AvgIpc) is 3.26. The molecule has 1 heterocycles. The number of hydrogen-bond acceptors (Lipinski definition) is 6. The molecule has 0 saturated carbocycles. The summed E-state index contributed by atoms with van der Waals surface area (Å²) in [6.45, 7) is 19.8. The second-order valence-corrected chi connectivity index (χ2v) is 12.6. The first-order chi connectivity index (χ1) is 16.5. The molecule has 8 nitrogen and oxygen atoms in total. The molecule has 0 bridgehead atoms. The molecule has 1 aliphatic heterocycles. The van der Waals surface area contributed by atoms with Crippen molar-refractivity contribution in [3.05, 3.63) is 11.6 Å². The van der Waals surface area contributed by atoms with Crippen molar-refractivity contribution in [1.29, 1.82) is 0 Å². The number of nitrogens with one attached hydrogen (secondary N) is 2. The second-order valence-electron chi connectivity index (χ2n) is 12.6. The van der Waals surface area contributed by atoms with Gasteiger partial charge in [-0.05, 0) is 43.6 Å². The van der Waals surface area contributed by atoms with Crippen molar-refractivity contribution in [1.82, 2.24) is 20.4 Å². The number of rotatable bonds is 10. The van der Waals surface area contributed by atoms with E-state index in [4.69, 9.17) is 4.74 Å². The predicted molar refractivity (Wildman–Crippen MR) is 145 cm³/mol. The molecule has 36 heavy (non-hydrogen) atoms. The van der Waals surface area contributed by atoms with Crippen LogP contribution in [0.4, 0.5) is 0 Å². The quantitative estimate of drug-likeness (QED) is 0.348. The molecular formula is C28H52N4O4. The first-order valence-corrected chi connectivity index (χ1v) is 13.2. The summed E-state index contributed by atoms with van der Waals surface area (Å²) in [6, 6.07) is -1.01. The van der Waals surface area contributed by atoms with Gasteiger partial charge in [0.15, 0.2) is 0 Å². The number of methoxy groups -OCH3 is 1. The zero-order chi connectivity index (χ0) is 28.0. The third-order valence-corrected chi connectivity index (χ3v) is 7.26. The standard InChI is InChI=1S/C28H52N4O4/c1-18(2)21(16-19(3)24(33)32-15-13-14-20(32)26(35)36-12)31(11)25(34)23(28(7,8)9)30-17-22(29-10)27(4,5)6/h16,18,20-23,29-30H,13-15,17H2,1-12H3/b19-16+/t20-,21+,22+,23+/m0/s1. The molecule has 208 valence electrons. The van der Waals surface area contributed by atoms with Gasteiger partial charge in [0.25, 0.3) is 0 Å². The zero-order valence-electron chi connectivity index (χ0n) is 24.8. The molecule has 4 atom stereocenters. The van der Waals surface area contributed by atoms with E-state index in [1.54, 1.807) is 16.7 Å². The Morgan fingerprint density at radius 2 is 1.69 bits per heavy atom. The highest BCUT2D eigenvalue weighted by Gasteiger charge is 2.38. The average molecular weight is 509 g/mol. The van der Waals surface area contributed by atoms with Gasteiger partial charge in [0.2, 0.25) is 11.8 Å². The molecule has 0 aromatic rings. The lowest BCUT2D eigenvalue weighted by Gasteiger charge is -2.39. The molecule has 1 rings (SSSR count). The normalized spacial score (nSPS) is 19.8. The van der Waals surface area contributed by atoms with Crippen molar-refractivity contribution in [2.24, 2.45) is 16.7 Å². The number of esters is 1. The largest absolute Gasteiger partial charge is 0.467 e. The van der Waals surface area contributed by atoms with Gasteiger partial charge in [-0.3, -0.25) is 9.59 Å². The van der Waals surface area contributed by atoms with Gasteiger partial charge in [0.05, 0.1) is 19.2 Å². The molecule has 8 heteroatoms. The van der Waals surface area contributed by atoms with Crippen LogP contribution in [-0.2, 0) is 19.1 Å². The lowest BCUT2D eigenvalue weighted by molar-refractivity contribution is -0.149. The molecule has 0 radical (unpaired) electrons. The summed E-state index contributed by atoms with van der Waals surface area (Å²) in [5.41, 5.74) is 0.269. The molecule has 0 aromatic carbocycles. The lowest BCUT2D eigenvalue weighted by atomic mass is 9.83. The first-order valence-electron chi connectivity index (χ1n) is 13.2. The number of likely N-dealkylation sites (tertiary alicyclic amines) is 1. The van der Waals surface area contributed by atoms with Gasteiger partial charge in [0, 0.05) is 31.8 Å². The maximum atomic E-state index is 13.8. The summed E-state index contributed by atoms with van der Waals surface area (Å²) >= 11 is 0. The van der Waals surface area contributed by atoms with Crippen LogP contribution in [0.3, 0.4) is 0 Å². The highest BCUT2D eigenvalue weighted by atomic mass is 16.5. The Hall–Kier alpha value is -1.93. The minimum absolute atomic E-state index is 0.00456. The molecular weight excluding hydrogens is 456 g/mol.